The molecular formula is C11H15BrCl2N2O2S. The third-order valence-corrected chi connectivity index (χ3v) is 6.42. The fraction of sp³-hybridized carbons (Fsp3) is 0.455. The van der Waals surface area contributed by atoms with Crippen molar-refractivity contribution in [1.29, 1.82) is 0 Å². The van der Waals surface area contributed by atoms with Gasteiger partial charge in [0.2, 0.25) is 10.0 Å². The van der Waals surface area contributed by atoms with Gasteiger partial charge in [-0.15, -0.1) is 12.4 Å². The zero-order valence-electron chi connectivity index (χ0n) is 10.1. The lowest BCUT2D eigenvalue weighted by Gasteiger charge is -2.18. The van der Waals surface area contributed by atoms with Gasteiger partial charge in [-0.1, -0.05) is 17.7 Å². The van der Waals surface area contributed by atoms with Crippen LogP contribution in [0.2, 0.25) is 5.02 Å². The molecule has 1 heterocycles. The highest BCUT2D eigenvalue weighted by atomic mass is 79.9. The maximum atomic E-state index is 12.5. The Hall–Kier alpha value is 0.150. The molecule has 1 aliphatic rings. The standard InChI is InChI=1S/C11H14BrClN2O2S.ClH/c12-9-2-1-3-10(13)11(9)18(16,17)15-5-4-8(6-14)7-15;/h1-3,8H,4-7,14H2;1H. The number of rotatable bonds is 3. The van der Waals surface area contributed by atoms with E-state index >= 15 is 0 Å². The molecule has 0 bridgehead atoms. The fourth-order valence-corrected chi connectivity index (χ4v) is 5.27. The molecule has 1 unspecified atom stereocenters. The van der Waals surface area contributed by atoms with E-state index < -0.39 is 10.0 Å². The topological polar surface area (TPSA) is 63.4 Å². The van der Waals surface area contributed by atoms with E-state index in [2.05, 4.69) is 15.9 Å². The molecule has 1 saturated heterocycles. The second kappa shape index (κ2) is 6.74. The zero-order chi connectivity index (χ0) is 13.3. The Bertz CT molecular complexity index is 533. The van der Waals surface area contributed by atoms with Crippen molar-refractivity contribution >= 4 is 50.0 Å². The van der Waals surface area contributed by atoms with Gasteiger partial charge in [0.25, 0.3) is 0 Å². The molecule has 0 saturated carbocycles. The Morgan fingerprint density at radius 3 is 2.68 bits per heavy atom. The van der Waals surface area contributed by atoms with Crippen molar-refractivity contribution in [2.75, 3.05) is 19.6 Å². The molecule has 19 heavy (non-hydrogen) atoms. The van der Waals surface area contributed by atoms with Crippen LogP contribution in [0, 0.1) is 5.92 Å². The summed E-state index contributed by atoms with van der Waals surface area (Å²) in [7, 11) is -3.54. The van der Waals surface area contributed by atoms with Gasteiger partial charge in [-0.25, -0.2) is 8.42 Å². The van der Waals surface area contributed by atoms with E-state index in [4.69, 9.17) is 17.3 Å². The predicted molar refractivity (Wildman–Crippen MR) is 82.3 cm³/mol. The molecule has 1 fully saturated rings. The number of nitrogens with zero attached hydrogens (tertiary/aromatic N) is 1. The van der Waals surface area contributed by atoms with Gasteiger partial charge in [0.1, 0.15) is 4.90 Å². The van der Waals surface area contributed by atoms with Crippen LogP contribution in [0.25, 0.3) is 0 Å². The van der Waals surface area contributed by atoms with Crippen molar-refractivity contribution in [3.8, 4) is 0 Å². The van der Waals surface area contributed by atoms with Gasteiger partial charge in [-0.05, 0) is 46.9 Å². The van der Waals surface area contributed by atoms with Gasteiger partial charge in [-0.2, -0.15) is 4.31 Å². The largest absolute Gasteiger partial charge is 0.330 e. The lowest BCUT2D eigenvalue weighted by atomic mass is 10.1. The number of hydrogen-bond donors (Lipinski definition) is 1. The van der Waals surface area contributed by atoms with Crippen LogP contribution in [0.1, 0.15) is 6.42 Å². The van der Waals surface area contributed by atoms with Crippen molar-refractivity contribution in [3.63, 3.8) is 0 Å². The predicted octanol–water partition coefficient (Wildman–Crippen LogP) is 2.49. The molecule has 2 N–H and O–H groups in total. The SMILES string of the molecule is Cl.NCC1CCN(S(=O)(=O)c2c(Cl)cccc2Br)C1. The van der Waals surface area contributed by atoms with E-state index in [1.165, 1.54) is 4.31 Å². The van der Waals surface area contributed by atoms with E-state index in [-0.39, 0.29) is 28.2 Å². The minimum absolute atomic E-state index is 0. The van der Waals surface area contributed by atoms with Crippen molar-refractivity contribution in [2.24, 2.45) is 11.7 Å². The second-order valence-corrected chi connectivity index (χ2v) is 7.44. The summed E-state index contributed by atoms with van der Waals surface area (Å²) in [5, 5.41) is 0.237. The maximum Gasteiger partial charge on any atom is 0.245 e. The van der Waals surface area contributed by atoms with Crippen LogP contribution in [0.15, 0.2) is 27.6 Å². The third-order valence-electron chi connectivity index (χ3n) is 3.10. The van der Waals surface area contributed by atoms with Crippen LogP contribution in [-0.4, -0.2) is 32.4 Å². The molecule has 4 nitrogen and oxygen atoms in total. The number of benzene rings is 1. The van der Waals surface area contributed by atoms with E-state index in [9.17, 15) is 8.42 Å². The summed E-state index contributed by atoms with van der Waals surface area (Å²) in [6.45, 7) is 1.48. The Morgan fingerprint density at radius 2 is 2.16 bits per heavy atom. The van der Waals surface area contributed by atoms with Crippen LogP contribution in [0.5, 0.6) is 0 Å². The van der Waals surface area contributed by atoms with Crippen molar-refractivity contribution in [1.82, 2.24) is 4.31 Å². The summed E-state index contributed by atoms with van der Waals surface area (Å²) in [6, 6.07) is 4.96. The summed E-state index contributed by atoms with van der Waals surface area (Å²) >= 11 is 9.25. The van der Waals surface area contributed by atoms with Crippen LogP contribution in [0.4, 0.5) is 0 Å². The van der Waals surface area contributed by atoms with Gasteiger partial charge < -0.3 is 5.73 Å². The fourth-order valence-electron chi connectivity index (χ4n) is 2.07. The Balaban J connectivity index is 0.00000180. The Labute approximate surface area is 132 Å². The molecule has 1 aliphatic heterocycles. The second-order valence-electron chi connectivity index (χ2n) is 4.30. The molecule has 2 rings (SSSR count). The normalized spacial score (nSPS) is 20.3. The minimum atomic E-state index is -3.54. The smallest absolute Gasteiger partial charge is 0.245 e. The third kappa shape index (κ3) is 3.43. The first kappa shape index (κ1) is 17.2. The molecule has 8 heteroatoms. The van der Waals surface area contributed by atoms with E-state index in [0.29, 0.717) is 24.1 Å². The molecule has 0 aromatic heterocycles. The zero-order valence-corrected chi connectivity index (χ0v) is 14.0. The van der Waals surface area contributed by atoms with Gasteiger partial charge >= 0.3 is 0 Å². The molecule has 0 radical (unpaired) electrons. The first-order valence-electron chi connectivity index (χ1n) is 5.61. The molecule has 1 aromatic rings. The van der Waals surface area contributed by atoms with Gasteiger partial charge in [0.15, 0.2) is 0 Å². The van der Waals surface area contributed by atoms with Crippen molar-refractivity contribution in [2.45, 2.75) is 11.3 Å². The molecule has 0 aliphatic carbocycles. The van der Waals surface area contributed by atoms with E-state index in [1.54, 1.807) is 18.2 Å². The maximum absolute atomic E-state index is 12.5. The van der Waals surface area contributed by atoms with E-state index in [0.717, 1.165) is 6.42 Å². The highest BCUT2D eigenvalue weighted by Crippen LogP contribution is 2.33. The molecular weight excluding hydrogens is 375 g/mol. The average molecular weight is 390 g/mol. The number of sulfonamides is 1. The van der Waals surface area contributed by atoms with Crippen LogP contribution >= 0.6 is 39.9 Å². The van der Waals surface area contributed by atoms with Crippen molar-refractivity contribution in [3.05, 3.63) is 27.7 Å². The van der Waals surface area contributed by atoms with Crippen LogP contribution in [0.3, 0.4) is 0 Å². The summed E-state index contributed by atoms with van der Waals surface area (Å²) in [5.74, 6) is 0.237. The van der Waals surface area contributed by atoms with Crippen molar-refractivity contribution < 1.29 is 8.42 Å². The van der Waals surface area contributed by atoms with Gasteiger partial charge in [-0.3, -0.25) is 0 Å². The quantitative estimate of drug-likeness (QED) is 0.863. The van der Waals surface area contributed by atoms with Gasteiger partial charge in [0.05, 0.1) is 5.02 Å². The lowest BCUT2D eigenvalue weighted by Crippen LogP contribution is -2.30. The first-order valence-corrected chi connectivity index (χ1v) is 8.22. The first-order chi connectivity index (χ1) is 8.46. The molecule has 1 atom stereocenters. The number of hydrogen-bond acceptors (Lipinski definition) is 3. The molecule has 1 aromatic carbocycles. The molecule has 108 valence electrons. The monoisotopic (exact) mass is 388 g/mol. The highest BCUT2D eigenvalue weighted by Gasteiger charge is 2.34. The summed E-state index contributed by atoms with van der Waals surface area (Å²) in [6.07, 6.45) is 0.803. The Kier molecular flexibility index (Phi) is 6.10. The Morgan fingerprint density at radius 1 is 1.47 bits per heavy atom. The summed E-state index contributed by atoms with van der Waals surface area (Å²) < 4.78 is 27.0. The summed E-state index contributed by atoms with van der Waals surface area (Å²) in [5.41, 5.74) is 5.58. The average Bonchev–Trinajstić information content (AvgIpc) is 2.77. The highest BCUT2D eigenvalue weighted by molar-refractivity contribution is 9.10. The van der Waals surface area contributed by atoms with E-state index in [1.807, 2.05) is 0 Å². The summed E-state index contributed by atoms with van der Waals surface area (Å²) in [4.78, 5) is 0.143. The number of nitrogens with two attached hydrogens (primary N) is 1. The molecule has 0 spiro atoms. The van der Waals surface area contributed by atoms with Crippen LogP contribution < -0.4 is 5.73 Å². The molecule has 0 amide bonds. The number of halogens is 3. The van der Waals surface area contributed by atoms with Gasteiger partial charge in [0, 0.05) is 17.6 Å². The van der Waals surface area contributed by atoms with Crippen LogP contribution in [-0.2, 0) is 10.0 Å². The minimum Gasteiger partial charge on any atom is -0.330 e. The lowest BCUT2D eigenvalue weighted by molar-refractivity contribution is 0.459.